The van der Waals surface area contributed by atoms with E-state index in [1.54, 1.807) is 0 Å². The average molecular weight is 174 g/mol. The number of allylic oxidation sites excluding steroid dienone is 1. The van der Waals surface area contributed by atoms with Crippen molar-refractivity contribution in [1.82, 2.24) is 0 Å². The summed E-state index contributed by atoms with van der Waals surface area (Å²) in [5, 5.41) is 0. The smallest absolute Gasteiger partial charge is 0.0276 e. The zero-order chi connectivity index (χ0) is 9.52. The van der Waals surface area contributed by atoms with E-state index < -0.39 is 0 Å². The number of hydrogen-bond acceptors (Lipinski definition) is 0. The molecule has 0 saturated heterocycles. The molecule has 0 N–H and O–H groups in total. The molecule has 0 bridgehead atoms. The lowest BCUT2D eigenvalue weighted by Gasteiger charge is -2.03. The second-order valence-electron chi connectivity index (χ2n) is 3.46. The molecule has 0 aliphatic heterocycles. The fraction of sp³-hybridized carbons (Fsp3) is 0.385. The molecule has 0 radical (unpaired) electrons. The number of hydrogen-bond donors (Lipinski definition) is 0. The summed E-state index contributed by atoms with van der Waals surface area (Å²) in [6.07, 6.45) is 6.89. The van der Waals surface area contributed by atoms with Crippen LogP contribution in [0.3, 0.4) is 0 Å². The van der Waals surface area contributed by atoms with Gasteiger partial charge in [-0.15, -0.1) is 6.58 Å². The molecule has 0 saturated carbocycles. The molecule has 1 aromatic rings. The Morgan fingerprint density at radius 2 is 2.00 bits per heavy atom. The van der Waals surface area contributed by atoms with Crippen molar-refractivity contribution in [3.05, 3.63) is 48.0 Å². The van der Waals surface area contributed by atoms with Gasteiger partial charge in [0.25, 0.3) is 0 Å². The van der Waals surface area contributed by atoms with E-state index in [1.165, 1.54) is 30.4 Å². The standard InChI is InChI=1S/C13H18/c1-3-4-5-6-10-13-11-8-7-9-12(13)2/h3,7-9,11H,1,4-6,10H2,2H3. The Bertz CT molecular complexity index is 260. The maximum absolute atomic E-state index is 3.72. The fourth-order valence-corrected chi connectivity index (χ4v) is 1.49. The first-order valence-corrected chi connectivity index (χ1v) is 5.00. The van der Waals surface area contributed by atoms with Crippen LogP contribution in [0, 0.1) is 6.92 Å². The van der Waals surface area contributed by atoms with Crippen LogP contribution in [0.4, 0.5) is 0 Å². The Morgan fingerprint density at radius 1 is 1.23 bits per heavy atom. The highest BCUT2D eigenvalue weighted by molar-refractivity contribution is 5.25. The SMILES string of the molecule is C=CCCCCc1ccccc1C. The van der Waals surface area contributed by atoms with E-state index in [4.69, 9.17) is 0 Å². The number of rotatable bonds is 5. The molecule has 0 heterocycles. The largest absolute Gasteiger partial charge is 0.103 e. The van der Waals surface area contributed by atoms with Crippen molar-refractivity contribution in [2.75, 3.05) is 0 Å². The molecule has 0 aliphatic rings. The maximum Gasteiger partial charge on any atom is -0.0276 e. The van der Waals surface area contributed by atoms with Crippen LogP contribution >= 0.6 is 0 Å². The predicted molar refractivity (Wildman–Crippen MR) is 58.9 cm³/mol. The van der Waals surface area contributed by atoms with Gasteiger partial charge >= 0.3 is 0 Å². The van der Waals surface area contributed by atoms with Crippen molar-refractivity contribution in [3.63, 3.8) is 0 Å². The van der Waals surface area contributed by atoms with Gasteiger partial charge in [0.1, 0.15) is 0 Å². The lowest BCUT2D eigenvalue weighted by Crippen LogP contribution is -1.88. The molecule has 1 aromatic carbocycles. The molecule has 0 amide bonds. The van der Waals surface area contributed by atoms with Gasteiger partial charge in [0.2, 0.25) is 0 Å². The van der Waals surface area contributed by atoms with Crippen molar-refractivity contribution in [1.29, 1.82) is 0 Å². The zero-order valence-corrected chi connectivity index (χ0v) is 8.42. The van der Waals surface area contributed by atoms with Gasteiger partial charge in [0.15, 0.2) is 0 Å². The van der Waals surface area contributed by atoms with Crippen molar-refractivity contribution < 1.29 is 0 Å². The van der Waals surface area contributed by atoms with Gasteiger partial charge in [-0.2, -0.15) is 0 Å². The molecule has 0 fully saturated rings. The van der Waals surface area contributed by atoms with Gasteiger partial charge in [0.05, 0.1) is 0 Å². The summed E-state index contributed by atoms with van der Waals surface area (Å²) in [6, 6.07) is 8.63. The summed E-state index contributed by atoms with van der Waals surface area (Å²) >= 11 is 0. The number of aryl methyl sites for hydroxylation is 2. The van der Waals surface area contributed by atoms with Crippen molar-refractivity contribution >= 4 is 0 Å². The van der Waals surface area contributed by atoms with Gasteiger partial charge < -0.3 is 0 Å². The number of benzene rings is 1. The second kappa shape index (κ2) is 5.58. The van der Waals surface area contributed by atoms with Crippen molar-refractivity contribution in [2.45, 2.75) is 32.6 Å². The van der Waals surface area contributed by atoms with E-state index in [2.05, 4.69) is 37.8 Å². The highest BCUT2D eigenvalue weighted by Crippen LogP contribution is 2.11. The first-order chi connectivity index (χ1) is 6.34. The zero-order valence-electron chi connectivity index (χ0n) is 8.42. The lowest BCUT2D eigenvalue weighted by molar-refractivity contribution is 0.745. The van der Waals surface area contributed by atoms with Crippen LogP contribution in [-0.2, 0) is 6.42 Å². The molecular formula is C13H18. The molecule has 0 aliphatic carbocycles. The summed E-state index contributed by atoms with van der Waals surface area (Å²) in [6.45, 7) is 5.91. The van der Waals surface area contributed by atoms with Gasteiger partial charge in [0, 0.05) is 0 Å². The Labute approximate surface area is 81.3 Å². The first kappa shape index (κ1) is 10.0. The van der Waals surface area contributed by atoms with Crippen LogP contribution in [-0.4, -0.2) is 0 Å². The first-order valence-electron chi connectivity index (χ1n) is 5.00. The highest BCUT2D eigenvalue weighted by atomic mass is 14.0. The maximum atomic E-state index is 3.72. The fourth-order valence-electron chi connectivity index (χ4n) is 1.49. The molecular weight excluding hydrogens is 156 g/mol. The van der Waals surface area contributed by atoms with Gasteiger partial charge in [-0.25, -0.2) is 0 Å². The van der Waals surface area contributed by atoms with Crippen LogP contribution in [0.1, 0.15) is 30.4 Å². The molecule has 0 spiro atoms. The van der Waals surface area contributed by atoms with E-state index in [1.807, 2.05) is 6.08 Å². The normalized spacial score (nSPS) is 9.92. The monoisotopic (exact) mass is 174 g/mol. The summed E-state index contributed by atoms with van der Waals surface area (Å²) in [4.78, 5) is 0. The van der Waals surface area contributed by atoms with Crippen molar-refractivity contribution in [3.8, 4) is 0 Å². The van der Waals surface area contributed by atoms with Crippen LogP contribution in [0.5, 0.6) is 0 Å². The minimum absolute atomic E-state index is 1.14. The average Bonchev–Trinajstić information content (AvgIpc) is 2.15. The Morgan fingerprint density at radius 3 is 2.69 bits per heavy atom. The molecule has 0 unspecified atom stereocenters. The van der Waals surface area contributed by atoms with Gasteiger partial charge in [-0.1, -0.05) is 30.3 Å². The lowest BCUT2D eigenvalue weighted by atomic mass is 10.0. The van der Waals surface area contributed by atoms with Crippen LogP contribution < -0.4 is 0 Å². The molecule has 0 heteroatoms. The second-order valence-corrected chi connectivity index (χ2v) is 3.46. The molecule has 0 aromatic heterocycles. The Hall–Kier alpha value is -1.04. The summed E-state index contributed by atoms with van der Waals surface area (Å²) in [7, 11) is 0. The van der Waals surface area contributed by atoms with E-state index in [-0.39, 0.29) is 0 Å². The Kier molecular flexibility index (Phi) is 4.31. The minimum Gasteiger partial charge on any atom is -0.103 e. The van der Waals surface area contributed by atoms with Crippen LogP contribution in [0.15, 0.2) is 36.9 Å². The summed E-state index contributed by atoms with van der Waals surface area (Å²) < 4.78 is 0. The third-order valence-corrected chi connectivity index (χ3v) is 2.37. The summed E-state index contributed by atoms with van der Waals surface area (Å²) in [5.74, 6) is 0. The molecule has 0 nitrogen and oxygen atoms in total. The Balaban J connectivity index is 2.36. The van der Waals surface area contributed by atoms with E-state index >= 15 is 0 Å². The molecule has 13 heavy (non-hydrogen) atoms. The quantitative estimate of drug-likeness (QED) is 0.469. The van der Waals surface area contributed by atoms with E-state index in [0.717, 1.165) is 6.42 Å². The van der Waals surface area contributed by atoms with Crippen LogP contribution in [0.25, 0.3) is 0 Å². The molecule has 70 valence electrons. The third kappa shape index (κ3) is 3.45. The topological polar surface area (TPSA) is 0 Å². The van der Waals surface area contributed by atoms with Gasteiger partial charge in [-0.05, 0) is 43.7 Å². The predicted octanol–water partition coefficient (Wildman–Crippen LogP) is 3.89. The minimum atomic E-state index is 1.14. The van der Waals surface area contributed by atoms with Crippen molar-refractivity contribution in [2.24, 2.45) is 0 Å². The molecule has 0 atom stereocenters. The van der Waals surface area contributed by atoms with Crippen LogP contribution in [0.2, 0.25) is 0 Å². The van der Waals surface area contributed by atoms with E-state index in [0.29, 0.717) is 0 Å². The third-order valence-electron chi connectivity index (χ3n) is 2.37. The molecule has 1 rings (SSSR count). The number of unbranched alkanes of at least 4 members (excludes halogenated alkanes) is 2. The van der Waals surface area contributed by atoms with E-state index in [9.17, 15) is 0 Å². The summed E-state index contributed by atoms with van der Waals surface area (Å²) in [5.41, 5.74) is 2.91. The highest BCUT2D eigenvalue weighted by Gasteiger charge is 1.95. The van der Waals surface area contributed by atoms with Gasteiger partial charge in [-0.3, -0.25) is 0 Å².